The van der Waals surface area contributed by atoms with Crippen LogP contribution in [0.5, 0.6) is 0 Å². The number of hydrogen-bond donors (Lipinski definition) is 4. The minimum Gasteiger partial charge on any atom is -0.548 e. The van der Waals surface area contributed by atoms with Crippen LogP contribution in [0.1, 0.15) is 18.4 Å². The van der Waals surface area contributed by atoms with Gasteiger partial charge in [-0.2, -0.15) is 0 Å². The van der Waals surface area contributed by atoms with Gasteiger partial charge >= 0.3 is 5.96 Å². The van der Waals surface area contributed by atoms with Gasteiger partial charge in [-0.25, -0.2) is 13.1 Å². The van der Waals surface area contributed by atoms with Gasteiger partial charge in [-0.3, -0.25) is 16.5 Å². The molecule has 6 N–H and O–H groups in total. The van der Waals surface area contributed by atoms with Gasteiger partial charge in [0, 0.05) is 0 Å². The summed E-state index contributed by atoms with van der Waals surface area (Å²) in [4.78, 5) is 13.7. The Balaban J connectivity index is 2.75. The van der Waals surface area contributed by atoms with E-state index in [2.05, 4.69) is 9.71 Å². The number of hydrogen-bond acceptors (Lipinski definition) is 4. The van der Waals surface area contributed by atoms with Crippen LogP contribution < -0.4 is 26.3 Å². The Labute approximate surface area is 129 Å². The zero-order chi connectivity index (χ0) is 16.8. The summed E-state index contributed by atoms with van der Waals surface area (Å²) in [6, 6.07) is 4.76. The number of carboxylic acids is 1. The fourth-order valence-corrected chi connectivity index (χ4v) is 2.96. The normalized spacial score (nSPS) is 12.6. The van der Waals surface area contributed by atoms with E-state index >= 15 is 0 Å². The van der Waals surface area contributed by atoms with E-state index in [1.807, 2.05) is 6.92 Å². The summed E-state index contributed by atoms with van der Waals surface area (Å²) in [5.41, 5.74) is 11.3. The molecule has 0 aromatic heterocycles. The summed E-state index contributed by atoms with van der Waals surface area (Å²) in [6.45, 7) is 2.15. The number of nitrogens with two attached hydrogens (primary N) is 2. The highest BCUT2D eigenvalue weighted by molar-refractivity contribution is 7.89. The Kier molecular flexibility index (Phi) is 6.32. The molecule has 0 saturated carbocycles. The van der Waals surface area contributed by atoms with E-state index in [-0.39, 0.29) is 17.3 Å². The monoisotopic (exact) mass is 328 g/mol. The van der Waals surface area contributed by atoms with Crippen molar-refractivity contribution in [3.05, 3.63) is 29.8 Å². The topological polar surface area (TPSA) is 152 Å². The number of carbonyl (C=O) groups is 1. The minimum atomic E-state index is -3.92. The SMILES string of the molecule is Cc1ccc(S(=O)(=O)N[C@@H](CCC[NH+]=C(N)N)C(=O)[O-])cc1. The molecular weight excluding hydrogens is 308 g/mol. The number of benzene rings is 1. The first-order valence-corrected chi connectivity index (χ1v) is 8.12. The van der Waals surface area contributed by atoms with Crippen molar-refractivity contribution in [2.45, 2.75) is 30.7 Å². The van der Waals surface area contributed by atoms with E-state index in [0.29, 0.717) is 13.0 Å². The average molecular weight is 328 g/mol. The van der Waals surface area contributed by atoms with E-state index < -0.39 is 22.0 Å². The van der Waals surface area contributed by atoms with Gasteiger partial charge in [0.05, 0.1) is 23.5 Å². The highest BCUT2D eigenvalue weighted by Gasteiger charge is 2.20. The molecular formula is C13H20N4O4S. The molecule has 0 spiro atoms. The summed E-state index contributed by atoms with van der Waals surface area (Å²) >= 11 is 0. The molecule has 0 saturated heterocycles. The second-order valence-electron chi connectivity index (χ2n) is 4.83. The average Bonchev–Trinajstić information content (AvgIpc) is 2.42. The number of rotatable bonds is 8. The molecule has 0 bridgehead atoms. The standard InChI is InChI=1S/C13H20N4O4S/c1-9-4-6-10(7-5-9)22(20,21)17-11(12(18)19)3-2-8-16-13(14)15/h4-7,11,17H,2-3,8H2,1H3,(H,18,19)(H4,14,15,16)/t11-/m0/s1. The van der Waals surface area contributed by atoms with Crippen molar-refractivity contribution in [2.24, 2.45) is 11.5 Å². The van der Waals surface area contributed by atoms with Crippen molar-refractivity contribution < 1.29 is 23.3 Å². The second kappa shape index (κ2) is 7.76. The molecule has 1 aromatic carbocycles. The maximum atomic E-state index is 12.1. The Bertz CT molecular complexity index is 637. The van der Waals surface area contributed by atoms with E-state index in [1.165, 1.54) is 12.1 Å². The predicted molar refractivity (Wildman–Crippen MR) is 78.7 cm³/mol. The number of nitrogens with one attached hydrogen (secondary N) is 2. The third-order valence-electron chi connectivity index (χ3n) is 2.91. The number of guanidine groups is 1. The summed E-state index contributed by atoms with van der Waals surface area (Å²) < 4.78 is 26.4. The lowest BCUT2D eigenvalue weighted by atomic mass is 10.2. The van der Waals surface area contributed by atoms with Gasteiger partial charge in [-0.15, -0.1) is 0 Å². The van der Waals surface area contributed by atoms with E-state index in [1.54, 1.807) is 12.1 Å². The molecule has 0 fully saturated rings. The molecule has 1 aromatic rings. The Morgan fingerprint density at radius 1 is 1.32 bits per heavy atom. The maximum absolute atomic E-state index is 12.1. The number of aryl methyl sites for hydroxylation is 1. The lowest BCUT2D eigenvalue weighted by Gasteiger charge is -2.19. The van der Waals surface area contributed by atoms with Crippen LogP contribution in [0.2, 0.25) is 0 Å². The van der Waals surface area contributed by atoms with Crippen molar-refractivity contribution >= 4 is 22.0 Å². The van der Waals surface area contributed by atoms with Gasteiger partial charge < -0.3 is 9.90 Å². The minimum absolute atomic E-state index is 0.00186. The quantitative estimate of drug-likeness (QED) is 0.221. The summed E-state index contributed by atoms with van der Waals surface area (Å²) in [5.74, 6) is -1.47. The van der Waals surface area contributed by atoms with Gasteiger partial charge in [0.2, 0.25) is 10.0 Å². The molecule has 0 aliphatic heterocycles. The summed E-state index contributed by atoms with van der Waals surface area (Å²) in [5, 5.41) is 11.1. The summed E-state index contributed by atoms with van der Waals surface area (Å²) in [7, 11) is -3.92. The first-order chi connectivity index (χ1) is 10.2. The number of aliphatic carboxylic acids is 1. The van der Waals surface area contributed by atoms with Crippen LogP contribution in [-0.2, 0) is 14.8 Å². The van der Waals surface area contributed by atoms with Crippen LogP contribution >= 0.6 is 0 Å². The van der Waals surface area contributed by atoms with Crippen LogP contribution in [0.25, 0.3) is 0 Å². The molecule has 8 nitrogen and oxygen atoms in total. The molecule has 0 radical (unpaired) electrons. The third kappa shape index (κ3) is 5.70. The predicted octanol–water partition coefficient (Wildman–Crippen LogP) is -3.47. The number of sulfonamides is 1. The zero-order valence-electron chi connectivity index (χ0n) is 12.2. The van der Waals surface area contributed by atoms with Crippen LogP contribution in [-0.4, -0.2) is 32.9 Å². The molecule has 1 atom stereocenters. The largest absolute Gasteiger partial charge is 0.548 e. The maximum Gasteiger partial charge on any atom is 0.338 e. The van der Waals surface area contributed by atoms with Crippen LogP contribution in [0, 0.1) is 6.92 Å². The lowest BCUT2D eigenvalue weighted by Crippen LogP contribution is -2.78. The highest BCUT2D eigenvalue weighted by Crippen LogP contribution is 2.11. The smallest absolute Gasteiger partial charge is 0.338 e. The Morgan fingerprint density at radius 3 is 2.41 bits per heavy atom. The molecule has 9 heteroatoms. The first kappa shape index (κ1) is 17.9. The molecule has 0 heterocycles. The van der Waals surface area contributed by atoms with Crippen molar-refractivity contribution in [1.29, 1.82) is 0 Å². The molecule has 0 aliphatic carbocycles. The van der Waals surface area contributed by atoms with Crippen LogP contribution in [0.4, 0.5) is 0 Å². The molecule has 0 unspecified atom stereocenters. The van der Waals surface area contributed by atoms with Crippen LogP contribution in [0.3, 0.4) is 0 Å². The van der Waals surface area contributed by atoms with Gasteiger partial charge in [0.1, 0.15) is 0 Å². The Morgan fingerprint density at radius 2 is 1.91 bits per heavy atom. The highest BCUT2D eigenvalue weighted by atomic mass is 32.2. The van der Waals surface area contributed by atoms with Crippen molar-refractivity contribution in [3.8, 4) is 0 Å². The molecule has 0 aliphatic rings. The number of carbonyl (C=O) groups excluding carboxylic acids is 1. The summed E-state index contributed by atoms with van der Waals surface area (Å²) in [6.07, 6.45) is 0.403. The van der Waals surface area contributed by atoms with Crippen molar-refractivity contribution in [2.75, 3.05) is 6.54 Å². The molecule has 22 heavy (non-hydrogen) atoms. The molecule has 1 rings (SSSR count). The van der Waals surface area contributed by atoms with Crippen molar-refractivity contribution in [1.82, 2.24) is 4.72 Å². The molecule has 0 amide bonds. The number of carboxylic acid groups (broad SMARTS) is 1. The van der Waals surface area contributed by atoms with Gasteiger partial charge in [-0.05, 0) is 31.9 Å². The third-order valence-corrected chi connectivity index (χ3v) is 4.40. The van der Waals surface area contributed by atoms with Gasteiger partial charge in [-0.1, -0.05) is 17.7 Å². The lowest BCUT2D eigenvalue weighted by molar-refractivity contribution is -0.459. The fraction of sp³-hybridized carbons (Fsp3) is 0.385. The second-order valence-corrected chi connectivity index (χ2v) is 6.54. The zero-order valence-corrected chi connectivity index (χ0v) is 13.0. The van der Waals surface area contributed by atoms with E-state index in [4.69, 9.17) is 11.5 Å². The van der Waals surface area contributed by atoms with Gasteiger partial charge in [0.25, 0.3) is 0 Å². The first-order valence-electron chi connectivity index (χ1n) is 6.64. The Hall–Kier alpha value is -2.13. The van der Waals surface area contributed by atoms with Crippen molar-refractivity contribution in [3.63, 3.8) is 0 Å². The van der Waals surface area contributed by atoms with Gasteiger partial charge in [0.15, 0.2) is 0 Å². The fourth-order valence-electron chi connectivity index (χ4n) is 1.74. The molecule has 122 valence electrons. The van der Waals surface area contributed by atoms with E-state index in [0.717, 1.165) is 5.56 Å². The van der Waals surface area contributed by atoms with E-state index in [9.17, 15) is 18.3 Å². The van der Waals surface area contributed by atoms with Crippen LogP contribution in [0.15, 0.2) is 29.2 Å².